The van der Waals surface area contributed by atoms with Crippen LogP contribution in [0.1, 0.15) is 20.8 Å². The number of anilines is 1. The molecule has 0 heterocycles. The molecule has 1 rings (SSSR count). The average molecular weight is 341 g/mol. The largest absolute Gasteiger partial charge is 0.383 e. The molecule has 1 amide bonds. The average Bonchev–Trinajstić information content (AvgIpc) is 2.45. The molecule has 1 aromatic rings. The summed E-state index contributed by atoms with van der Waals surface area (Å²) in [5.74, 6) is 0.975. The van der Waals surface area contributed by atoms with Gasteiger partial charge in [-0.05, 0) is 39.0 Å². The summed E-state index contributed by atoms with van der Waals surface area (Å²) in [6, 6.07) is 2.52. The molecule has 8 heteroatoms. The highest BCUT2D eigenvalue weighted by molar-refractivity contribution is 7.89. The number of terminal acetylenes is 1. The number of hydrogen-bond acceptors (Lipinski definition) is 4. The molecular weight excluding hydrogens is 321 g/mol. The van der Waals surface area contributed by atoms with Gasteiger partial charge in [-0.15, -0.1) is 6.42 Å². The molecule has 1 atom stereocenters. The van der Waals surface area contributed by atoms with Crippen LogP contribution in [-0.4, -0.2) is 26.9 Å². The third-order valence-corrected chi connectivity index (χ3v) is 4.78. The van der Waals surface area contributed by atoms with Crippen molar-refractivity contribution >= 4 is 21.6 Å². The molecule has 0 aliphatic carbocycles. The van der Waals surface area contributed by atoms with Gasteiger partial charge in [-0.1, -0.05) is 5.92 Å². The highest BCUT2D eigenvalue weighted by Gasteiger charge is 2.27. The quantitative estimate of drug-likeness (QED) is 0.645. The smallest absolute Gasteiger partial charge is 0.243 e. The third-order valence-electron chi connectivity index (χ3n) is 3.20. The standard InChI is InChI=1S/C15H20FN3O3S/c1-5-10(2)19-23(21,22)13-8-11(16)6-7-12(13)18-9-15(3,4)14(17)20/h1,6-8,10,18-19H,9H2,2-4H3,(H2,17,20). The molecular formula is C15H20FN3O3S. The summed E-state index contributed by atoms with van der Waals surface area (Å²) < 4.78 is 40.4. The summed E-state index contributed by atoms with van der Waals surface area (Å²) >= 11 is 0. The molecule has 126 valence electrons. The van der Waals surface area contributed by atoms with E-state index in [1.54, 1.807) is 13.8 Å². The zero-order chi connectivity index (χ0) is 17.8. The molecule has 1 aromatic carbocycles. The minimum absolute atomic E-state index is 0.0845. The Hall–Kier alpha value is -2.11. The maximum atomic E-state index is 13.5. The highest BCUT2D eigenvalue weighted by atomic mass is 32.2. The van der Waals surface area contributed by atoms with Gasteiger partial charge in [0.2, 0.25) is 15.9 Å². The van der Waals surface area contributed by atoms with Gasteiger partial charge in [0.05, 0.1) is 17.1 Å². The molecule has 1 unspecified atom stereocenters. The van der Waals surface area contributed by atoms with Crippen LogP contribution in [0, 0.1) is 23.6 Å². The molecule has 0 spiro atoms. The third kappa shape index (κ3) is 4.94. The normalized spacial score (nSPS) is 13.2. The van der Waals surface area contributed by atoms with E-state index in [2.05, 4.69) is 16.0 Å². The Labute approximate surface area is 135 Å². The second kappa shape index (κ2) is 6.98. The number of nitrogens with one attached hydrogen (secondary N) is 2. The Morgan fingerprint density at radius 1 is 1.48 bits per heavy atom. The van der Waals surface area contributed by atoms with Gasteiger partial charge in [-0.3, -0.25) is 4.79 Å². The number of sulfonamides is 1. The van der Waals surface area contributed by atoms with Crippen molar-refractivity contribution in [1.29, 1.82) is 0 Å². The van der Waals surface area contributed by atoms with E-state index in [1.807, 2.05) is 0 Å². The maximum absolute atomic E-state index is 13.5. The monoisotopic (exact) mass is 341 g/mol. The van der Waals surface area contributed by atoms with E-state index >= 15 is 0 Å². The fourth-order valence-electron chi connectivity index (χ4n) is 1.60. The molecule has 0 saturated carbocycles. The van der Waals surface area contributed by atoms with Crippen LogP contribution in [0.5, 0.6) is 0 Å². The number of nitrogens with two attached hydrogens (primary N) is 1. The lowest BCUT2D eigenvalue weighted by Crippen LogP contribution is -2.38. The molecule has 0 bridgehead atoms. The Morgan fingerprint density at radius 3 is 2.61 bits per heavy atom. The van der Waals surface area contributed by atoms with Gasteiger partial charge in [0, 0.05) is 6.54 Å². The Balaban J connectivity index is 3.17. The van der Waals surface area contributed by atoms with Gasteiger partial charge in [0.15, 0.2) is 0 Å². The summed E-state index contributed by atoms with van der Waals surface area (Å²) in [5.41, 5.74) is 4.52. The van der Waals surface area contributed by atoms with Gasteiger partial charge >= 0.3 is 0 Å². The Bertz CT molecular complexity index is 739. The van der Waals surface area contributed by atoms with Gasteiger partial charge in [0.1, 0.15) is 10.7 Å². The first-order chi connectivity index (χ1) is 10.5. The van der Waals surface area contributed by atoms with Crippen molar-refractivity contribution in [1.82, 2.24) is 4.72 Å². The summed E-state index contributed by atoms with van der Waals surface area (Å²) in [5, 5.41) is 2.82. The number of carbonyl (C=O) groups is 1. The predicted molar refractivity (Wildman–Crippen MR) is 86.5 cm³/mol. The highest BCUT2D eigenvalue weighted by Crippen LogP contribution is 2.24. The number of amides is 1. The van der Waals surface area contributed by atoms with Crippen LogP contribution < -0.4 is 15.8 Å². The fourth-order valence-corrected chi connectivity index (χ4v) is 2.96. The van der Waals surface area contributed by atoms with Crippen molar-refractivity contribution in [3.05, 3.63) is 24.0 Å². The van der Waals surface area contributed by atoms with E-state index in [0.29, 0.717) is 0 Å². The molecule has 0 fully saturated rings. The van der Waals surface area contributed by atoms with Crippen LogP contribution in [0.2, 0.25) is 0 Å². The summed E-state index contributed by atoms with van der Waals surface area (Å²) in [4.78, 5) is 11.0. The number of rotatable bonds is 7. The first-order valence-electron chi connectivity index (χ1n) is 6.81. The van der Waals surface area contributed by atoms with Crippen LogP contribution in [-0.2, 0) is 14.8 Å². The second-order valence-corrected chi connectivity index (χ2v) is 7.43. The van der Waals surface area contributed by atoms with E-state index in [4.69, 9.17) is 12.2 Å². The molecule has 23 heavy (non-hydrogen) atoms. The summed E-state index contributed by atoms with van der Waals surface area (Å²) in [6.07, 6.45) is 5.16. The lowest BCUT2D eigenvalue weighted by atomic mass is 9.93. The van der Waals surface area contributed by atoms with Crippen molar-refractivity contribution in [3.8, 4) is 12.3 Å². The van der Waals surface area contributed by atoms with Crippen LogP contribution in [0.15, 0.2) is 23.1 Å². The second-order valence-electron chi connectivity index (χ2n) is 5.75. The summed E-state index contributed by atoms with van der Waals surface area (Å²) in [6.45, 7) is 4.79. The van der Waals surface area contributed by atoms with Crippen molar-refractivity contribution in [2.75, 3.05) is 11.9 Å². The first kappa shape index (κ1) is 18.9. The maximum Gasteiger partial charge on any atom is 0.243 e. The van der Waals surface area contributed by atoms with E-state index in [0.717, 1.165) is 12.1 Å². The Kier molecular flexibility index (Phi) is 5.75. The number of primary amides is 1. The SMILES string of the molecule is C#CC(C)NS(=O)(=O)c1cc(F)ccc1NCC(C)(C)C(N)=O. The molecule has 0 saturated heterocycles. The molecule has 6 nitrogen and oxygen atoms in total. The minimum atomic E-state index is -4.02. The molecule has 0 radical (unpaired) electrons. The first-order valence-corrected chi connectivity index (χ1v) is 8.30. The summed E-state index contributed by atoms with van der Waals surface area (Å²) in [7, 11) is -4.02. The number of halogens is 1. The molecule has 0 aromatic heterocycles. The van der Waals surface area contributed by atoms with Crippen molar-refractivity contribution in [2.24, 2.45) is 11.1 Å². The van der Waals surface area contributed by atoms with Gasteiger partial charge in [0.25, 0.3) is 0 Å². The van der Waals surface area contributed by atoms with Crippen molar-refractivity contribution < 1.29 is 17.6 Å². The fraction of sp³-hybridized carbons (Fsp3) is 0.400. The van der Waals surface area contributed by atoms with Crippen LogP contribution >= 0.6 is 0 Å². The van der Waals surface area contributed by atoms with E-state index < -0.39 is 33.2 Å². The molecule has 0 aliphatic rings. The lowest BCUT2D eigenvalue weighted by molar-refractivity contribution is -0.125. The molecule has 0 aliphatic heterocycles. The number of hydrogen-bond donors (Lipinski definition) is 3. The number of carbonyl (C=O) groups excluding carboxylic acids is 1. The van der Waals surface area contributed by atoms with Crippen molar-refractivity contribution in [2.45, 2.75) is 31.7 Å². The Morgan fingerprint density at radius 2 is 2.09 bits per heavy atom. The molecule has 4 N–H and O–H groups in total. The topological polar surface area (TPSA) is 101 Å². The van der Waals surface area contributed by atoms with Crippen LogP contribution in [0.4, 0.5) is 10.1 Å². The van der Waals surface area contributed by atoms with E-state index in [-0.39, 0.29) is 17.1 Å². The van der Waals surface area contributed by atoms with Gasteiger partial charge in [-0.2, -0.15) is 4.72 Å². The van der Waals surface area contributed by atoms with Gasteiger partial charge < -0.3 is 11.1 Å². The van der Waals surface area contributed by atoms with Crippen molar-refractivity contribution in [3.63, 3.8) is 0 Å². The van der Waals surface area contributed by atoms with Crippen LogP contribution in [0.3, 0.4) is 0 Å². The van der Waals surface area contributed by atoms with Gasteiger partial charge in [-0.25, -0.2) is 12.8 Å². The van der Waals surface area contributed by atoms with E-state index in [9.17, 15) is 17.6 Å². The minimum Gasteiger partial charge on any atom is -0.383 e. The lowest BCUT2D eigenvalue weighted by Gasteiger charge is -2.22. The van der Waals surface area contributed by atoms with Crippen LogP contribution in [0.25, 0.3) is 0 Å². The predicted octanol–water partition coefficient (Wildman–Crippen LogP) is 1.05. The number of benzene rings is 1. The van der Waals surface area contributed by atoms with E-state index in [1.165, 1.54) is 13.0 Å². The zero-order valence-corrected chi connectivity index (χ0v) is 14.0. The zero-order valence-electron chi connectivity index (χ0n) is 13.2.